The number of benzene rings is 3. The summed E-state index contributed by atoms with van der Waals surface area (Å²) in [4.78, 5) is 32.9. The number of carbonyl (C=O) groups excluding carboxylic acids is 2. The van der Waals surface area contributed by atoms with Crippen molar-refractivity contribution in [3.63, 3.8) is 0 Å². The average molecular weight is 483 g/mol. The first-order chi connectivity index (χ1) is 16.6. The molecule has 0 aliphatic carbocycles. The number of rotatable bonds is 3. The van der Waals surface area contributed by atoms with Crippen LogP contribution in [-0.4, -0.2) is 21.8 Å². The zero-order chi connectivity index (χ0) is 24.9. The third-order valence-corrected chi connectivity index (χ3v) is 7.34. The van der Waals surface area contributed by atoms with Crippen molar-refractivity contribution < 1.29 is 14.7 Å². The van der Waals surface area contributed by atoms with E-state index in [1.165, 1.54) is 16.2 Å². The second-order valence-corrected chi connectivity index (χ2v) is 10.9. The molecule has 5 nitrogen and oxygen atoms in total. The van der Waals surface area contributed by atoms with Gasteiger partial charge < -0.3 is 5.11 Å². The predicted molar refractivity (Wildman–Crippen MR) is 141 cm³/mol. The van der Waals surface area contributed by atoms with Crippen molar-refractivity contribution in [2.45, 2.75) is 39.2 Å². The number of hydrogen-bond donors (Lipinski definition) is 1. The fourth-order valence-corrected chi connectivity index (χ4v) is 5.48. The zero-order valence-electron chi connectivity index (χ0n) is 20.1. The molecule has 1 aromatic heterocycles. The highest BCUT2D eigenvalue weighted by Crippen LogP contribution is 2.44. The lowest BCUT2D eigenvalue weighted by atomic mass is 9.85. The monoisotopic (exact) mass is 482 g/mol. The van der Waals surface area contributed by atoms with E-state index >= 15 is 0 Å². The van der Waals surface area contributed by atoms with Crippen LogP contribution in [0.1, 0.15) is 49.1 Å². The van der Waals surface area contributed by atoms with Crippen molar-refractivity contribution >= 4 is 44.1 Å². The summed E-state index contributed by atoms with van der Waals surface area (Å²) < 4.78 is 0.937. The number of thiazole rings is 1. The molecule has 1 aliphatic heterocycles. The number of anilines is 1. The van der Waals surface area contributed by atoms with Gasteiger partial charge in [0.25, 0.3) is 5.78 Å². The molecule has 176 valence electrons. The third kappa shape index (κ3) is 4.04. The summed E-state index contributed by atoms with van der Waals surface area (Å²) in [6, 6.07) is 21.9. The summed E-state index contributed by atoms with van der Waals surface area (Å²) >= 11 is 1.37. The Morgan fingerprint density at radius 3 is 2.31 bits per heavy atom. The van der Waals surface area contributed by atoms with Crippen LogP contribution in [0.4, 0.5) is 5.13 Å². The van der Waals surface area contributed by atoms with Crippen molar-refractivity contribution in [1.82, 2.24) is 4.98 Å². The predicted octanol–water partition coefficient (Wildman–Crippen LogP) is 6.53. The van der Waals surface area contributed by atoms with Crippen LogP contribution >= 0.6 is 11.3 Å². The largest absolute Gasteiger partial charge is 0.507 e. The number of aromatic nitrogens is 1. The molecule has 0 bridgehead atoms. The van der Waals surface area contributed by atoms with Crippen LogP contribution in [0.25, 0.3) is 16.0 Å². The van der Waals surface area contributed by atoms with E-state index < -0.39 is 17.7 Å². The molecule has 1 saturated heterocycles. The highest BCUT2D eigenvalue weighted by molar-refractivity contribution is 7.22. The standard InChI is InChI=1S/C29H26N2O3S/c1-17-10-15-21-22(16-17)35-28(30-21)31-24(18-11-13-20(14-12-18)29(2,3)4)23(26(33)27(31)34)25(32)19-8-6-5-7-9-19/h5-16,24,32H,1-4H3/b25-23+/t24-/m0/s1. The molecular weight excluding hydrogens is 456 g/mol. The summed E-state index contributed by atoms with van der Waals surface area (Å²) in [6.45, 7) is 8.40. The van der Waals surface area contributed by atoms with E-state index in [2.05, 4.69) is 25.8 Å². The van der Waals surface area contributed by atoms with Crippen molar-refractivity contribution in [3.05, 3.63) is 101 Å². The molecule has 5 rings (SSSR count). The minimum absolute atomic E-state index is 0.0464. The highest BCUT2D eigenvalue weighted by atomic mass is 32.1. The summed E-state index contributed by atoms with van der Waals surface area (Å²) in [5.74, 6) is -1.59. The quantitative estimate of drug-likeness (QED) is 0.205. The Morgan fingerprint density at radius 2 is 1.66 bits per heavy atom. The van der Waals surface area contributed by atoms with Crippen LogP contribution < -0.4 is 4.90 Å². The van der Waals surface area contributed by atoms with Gasteiger partial charge in [0.05, 0.1) is 21.8 Å². The van der Waals surface area contributed by atoms with Crippen molar-refractivity contribution in [2.24, 2.45) is 0 Å². The molecule has 1 aliphatic rings. The number of hydrogen-bond acceptors (Lipinski definition) is 5. The normalized spacial score (nSPS) is 17.9. The Kier molecular flexibility index (Phi) is 5.56. The third-order valence-electron chi connectivity index (χ3n) is 6.32. The number of ketones is 1. The van der Waals surface area contributed by atoms with Gasteiger partial charge in [0.15, 0.2) is 5.13 Å². The number of fused-ring (bicyclic) bond motifs is 1. The van der Waals surface area contributed by atoms with Crippen LogP contribution in [0.2, 0.25) is 0 Å². The Balaban J connectivity index is 1.72. The van der Waals surface area contributed by atoms with Gasteiger partial charge in [0, 0.05) is 5.56 Å². The van der Waals surface area contributed by atoms with Crippen LogP contribution in [0.5, 0.6) is 0 Å². The van der Waals surface area contributed by atoms with Gasteiger partial charge in [0.1, 0.15) is 5.76 Å². The second-order valence-electron chi connectivity index (χ2n) is 9.87. The van der Waals surface area contributed by atoms with E-state index in [9.17, 15) is 14.7 Å². The lowest BCUT2D eigenvalue weighted by Gasteiger charge is -2.24. The minimum atomic E-state index is -0.786. The molecule has 1 fully saturated rings. The minimum Gasteiger partial charge on any atom is -0.507 e. The van der Waals surface area contributed by atoms with Gasteiger partial charge in [-0.1, -0.05) is 92.8 Å². The van der Waals surface area contributed by atoms with Gasteiger partial charge in [-0.15, -0.1) is 0 Å². The molecule has 2 heterocycles. The molecule has 0 unspecified atom stereocenters. The number of aliphatic hydroxyl groups excluding tert-OH is 1. The van der Waals surface area contributed by atoms with E-state index in [1.54, 1.807) is 24.3 Å². The van der Waals surface area contributed by atoms with Crippen LogP contribution in [0, 0.1) is 6.92 Å². The number of aryl methyl sites for hydroxylation is 1. The molecule has 1 amide bonds. The smallest absolute Gasteiger partial charge is 0.301 e. The number of amides is 1. The Morgan fingerprint density at radius 1 is 0.971 bits per heavy atom. The van der Waals surface area contributed by atoms with E-state index in [-0.39, 0.29) is 16.7 Å². The van der Waals surface area contributed by atoms with Gasteiger partial charge in [-0.3, -0.25) is 14.5 Å². The Labute approximate surface area is 208 Å². The first-order valence-electron chi connectivity index (χ1n) is 11.5. The molecule has 0 radical (unpaired) electrons. The van der Waals surface area contributed by atoms with E-state index in [1.807, 2.05) is 55.5 Å². The summed E-state index contributed by atoms with van der Waals surface area (Å²) in [7, 11) is 0. The number of nitrogens with zero attached hydrogens (tertiary/aromatic N) is 2. The summed E-state index contributed by atoms with van der Waals surface area (Å²) in [5.41, 5.74) is 4.24. The van der Waals surface area contributed by atoms with Gasteiger partial charge in [-0.2, -0.15) is 0 Å². The Hall–Kier alpha value is -3.77. The van der Waals surface area contributed by atoms with Gasteiger partial charge in [0.2, 0.25) is 0 Å². The lowest BCUT2D eigenvalue weighted by molar-refractivity contribution is -0.132. The maximum atomic E-state index is 13.4. The fourth-order valence-electron chi connectivity index (χ4n) is 4.38. The molecule has 0 saturated carbocycles. The van der Waals surface area contributed by atoms with E-state index in [0.29, 0.717) is 10.7 Å². The maximum absolute atomic E-state index is 13.4. The van der Waals surface area contributed by atoms with Crippen LogP contribution in [0.3, 0.4) is 0 Å². The fraction of sp³-hybridized carbons (Fsp3) is 0.207. The summed E-state index contributed by atoms with van der Waals surface area (Å²) in [5, 5.41) is 11.7. The van der Waals surface area contributed by atoms with Crippen molar-refractivity contribution in [1.29, 1.82) is 0 Å². The summed E-state index contributed by atoms with van der Waals surface area (Å²) in [6.07, 6.45) is 0. The lowest BCUT2D eigenvalue weighted by Crippen LogP contribution is -2.29. The topological polar surface area (TPSA) is 70.5 Å². The zero-order valence-corrected chi connectivity index (χ0v) is 20.9. The van der Waals surface area contributed by atoms with Crippen LogP contribution in [0.15, 0.2) is 78.4 Å². The number of Topliss-reactive ketones (excluding diaryl/α,β-unsaturated/α-hetero) is 1. The maximum Gasteiger partial charge on any atom is 0.301 e. The molecule has 3 aromatic carbocycles. The number of carbonyl (C=O) groups is 2. The molecule has 0 spiro atoms. The molecule has 1 atom stereocenters. The molecule has 1 N–H and O–H groups in total. The molecule has 35 heavy (non-hydrogen) atoms. The first kappa shape index (κ1) is 23.0. The van der Waals surface area contributed by atoms with E-state index in [0.717, 1.165) is 26.9 Å². The SMILES string of the molecule is Cc1ccc2nc(N3C(=O)C(=O)/C(=C(/O)c4ccccc4)[C@@H]3c3ccc(C(C)(C)C)cc3)sc2c1. The van der Waals surface area contributed by atoms with Crippen LogP contribution in [-0.2, 0) is 15.0 Å². The van der Waals surface area contributed by atoms with Gasteiger partial charge in [-0.25, -0.2) is 4.98 Å². The van der Waals surface area contributed by atoms with Gasteiger partial charge in [-0.05, 0) is 41.2 Å². The van der Waals surface area contributed by atoms with E-state index in [4.69, 9.17) is 0 Å². The molecular formula is C29H26N2O3S. The van der Waals surface area contributed by atoms with Gasteiger partial charge >= 0.3 is 5.91 Å². The molecule has 6 heteroatoms. The molecule has 4 aromatic rings. The highest BCUT2D eigenvalue weighted by Gasteiger charge is 2.48. The van der Waals surface area contributed by atoms with Crippen molar-refractivity contribution in [3.8, 4) is 0 Å². The second kappa shape index (κ2) is 8.47. The van der Waals surface area contributed by atoms with Crippen molar-refractivity contribution in [2.75, 3.05) is 4.90 Å². The number of aliphatic hydroxyl groups is 1. The first-order valence-corrected chi connectivity index (χ1v) is 12.3. The average Bonchev–Trinajstić information content (AvgIpc) is 3.36. The Bertz CT molecular complexity index is 1480.